The van der Waals surface area contributed by atoms with Crippen molar-refractivity contribution in [3.63, 3.8) is 0 Å². The summed E-state index contributed by atoms with van der Waals surface area (Å²) in [5, 5.41) is 0. The van der Waals surface area contributed by atoms with Crippen LogP contribution in [-0.2, 0) is 24.7 Å². The molecule has 0 spiro atoms. The SMILES string of the molecule is CC1=CC=CC2[CH]([Zr+2])C3(C)C4(C)C=CC=CC4(C)C(C)C(C)C3(C)C12C.[Cl-].[Cl-]. The van der Waals surface area contributed by atoms with Crippen molar-refractivity contribution >= 4 is 0 Å². The predicted molar refractivity (Wildman–Crippen MR) is 107 cm³/mol. The maximum absolute atomic E-state index is 2.67. The van der Waals surface area contributed by atoms with Crippen LogP contribution in [0, 0.1) is 44.8 Å². The Bertz CT molecular complexity index is 781. The normalized spacial score (nSPS) is 56.0. The van der Waals surface area contributed by atoms with E-state index < -0.39 is 0 Å². The molecule has 0 N–H and O–H groups in total. The second kappa shape index (κ2) is 6.97. The first-order valence-electron chi connectivity index (χ1n) is 10.4. The van der Waals surface area contributed by atoms with Crippen molar-refractivity contribution in [3.8, 4) is 0 Å². The summed E-state index contributed by atoms with van der Waals surface area (Å²) in [4.78, 5) is 0. The van der Waals surface area contributed by atoms with E-state index >= 15 is 0 Å². The summed E-state index contributed by atoms with van der Waals surface area (Å²) in [6.07, 6.45) is 17.1. The van der Waals surface area contributed by atoms with Gasteiger partial charge in [0, 0.05) is 0 Å². The largest absolute Gasteiger partial charge is 1.00 e. The van der Waals surface area contributed by atoms with E-state index in [9.17, 15) is 0 Å². The molecule has 2 saturated carbocycles. The van der Waals surface area contributed by atoms with Crippen LogP contribution in [0.3, 0.4) is 0 Å². The molecule has 4 aliphatic carbocycles. The molecule has 9 unspecified atom stereocenters. The molecule has 0 nitrogen and oxygen atoms in total. The second-order valence-corrected chi connectivity index (χ2v) is 12.2. The minimum absolute atomic E-state index is 0. The second-order valence-electron chi connectivity index (χ2n) is 10.6. The van der Waals surface area contributed by atoms with Gasteiger partial charge in [0.15, 0.2) is 0 Å². The van der Waals surface area contributed by atoms with Gasteiger partial charge in [0.25, 0.3) is 0 Å². The summed E-state index contributed by atoms with van der Waals surface area (Å²) in [7, 11) is 0. The van der Waals surface area contributed by atoms with Crippen LogP contribution in [0.4, 0.5) is 0 Å². The van der Waals surface area contributed by atoms with E-state index in [0.29, 0.717) is 17.8 Å². The van der Waals surface area contributed by atoms with Gasteiger partial charge in [-0.05, 0) is 0 Å². The molecular formula is C25H35Cl2Zr. The molecule has 4 rings (SSSR count). The van der Waals surface area contributed by atoms with Crippen LogP contribution in [0.5, 0.6) is 0 Å². The molecule has 0 aromatic heterocycles. The number of hydrogen-bond donors (Lipinski definition) is 0. The average molecular weight is 498 g/mol. The van der Waals surface area contributed by atoms with Gasteiger partial charge in [-0.15, -0.1) is 0 Å². The topological polar surface area (TPSA) is 0 Å². The third kappa shape index (κ3) is 2.14. The molecule has 0 amide bonds. The maximum atomic E-state index is 2.67. The minimum Gasteiger partial charge on any atom is -1.00 e. The van der Waals surface area contributed by atoms with Gasteiger partial charge in [0.05, 0.1) is 0 Å². The molecule has 0 aromatic carbocycles. The van der Waals surface area contributed by atoms with Crippen molar-refractivity contribution in [3.05, 3.63) is 48.1 Å². The molecule has 9 atom stereocenters. The maximum Gasteiger partial charge on any atom is -1.00 e. The van der Waals surface area contributed by atoms with Crippen molar-refractivity contribution in [2.24, 2.45) is 44.8 Å². The van der Waals surface area contributed by atoms with Gasteiger partial charge >= 0.3 is 177 Å². The number of allylic oxidation sites excluding steroid dienone is 8. The molecule has 3 heteroatoms. The third-order valence-electron chi connectivity index (χ3n) is 11.1. The number of fused-ring (bicyclic) bond motifs is 5. The van der Waals surface area contributed by atoms with Gasteiger partial charge in [0.1, 0.15) is 0 Å². The van der Waals surface area contributed by atoms with E-state index in [1.165, 1.54) is 0 Å². The Hall–Kier alpha value is 0.423. The van der Waals surface area contributed by atoms with Crippen molar-refractivity contribution in [2.45, 2.75) is 59.0 Å². The summed E-state index contributed by atoms with van der Waals surface area (Å²) in [6.45, 7) is 20.6. The Morgan fingerprint density at radius 3 is 2.00 bits per heavy atom. The van der Waals surface area contributed by atoms with Crippen LogP contribution in [0.1, 0.15) is 55.4 Å². The minimum atomic E-state index is 0. The van der Waals surface area contributed by atoms with Crippen molar-refractivity contribution in [1.29, 1.82) is 0 Å². The van der Waals surface area contributed by atoms with Gasteiger partial charge in [0.2, 0.25) is 0 Å². The first kappa shape index (κ1) is 24.7. The van der Waals surface area contributed by atoms with E-state index in [0.717, 1.165) is 3.63 Å². The summed E-state index contributed by atoms with van der Waals surface area (Å²) in [5.74, 6) is 1.99. The van der Waals surface area contributed by atoms with E-state index in [4.69, 9.17) is 0 Å². The number of hydrogen-bond acceptors (Lipinski definition) is 0. The molecule has 4 aliphatic rings. The summed E-state index contributed by atoms with van der Waals surface area (Å²) < 4.78 is 0.736. The van der Waals surface area contributed by atoms with Gasteiger partial charge in [-0.3, -0.25) is 0 Å². The third-order valence-corrected chi connectivity index (χ3v) is 13.4. The smallest absolute Gasteiger partial charge is 1.00 e. The van der Waals surface area contributed by atoms with Gasteiger partial charge in [-0.1, -0.05) is 0 Å². The predicted octanol–water partition coefficient (Wildman–Crippen LogP) is 0.919. The zero-order chi connectivity index (χ0) is 19.3. The first-order chi connectivity index (χ1) is 11.9. The fraction of sp³-hybridized carbons (Fsp3) is 0.680. The number of rotatable bonds is 0. The fourth-order valence-corrected chi connectivity index (χ4v) is 11.0. The van der Waals surface area contributed by atoms with E-state index in [1.807, 2.05) is 0 Å². The van der Waals surface area contributed by atoms with Crippen LogP contribution in [0.15, 0.2) is 48.1 Å². The Kier molecular flexibility index (Phi) is 6.14. The van der Waals surface area contributed by atoms with Gasteiger partial charge in [-0.25, -0.2) is 0 Å². The zero-order valence-electron chi connectivity index (χ0n) is 18.6. The van der Waals surface area contributed by atoms with Crippen molar-refractivity contribution < 1.29 is 49.5 Å². The van der Waals surface area contributed by atoms with Crippen LogP contribution in [0.25, 0.3) is 0 Å². The van der Waals surface area contributed by atoms with Gasteiger partial charge < -0.3 is 24.8 Å². The van der Waals surface area contributed by atoms with Crippen LogP contribution >= 0.6 is 0 Å². The molecule has 0 aliphatic heterocycles. The molecule has 0 aromatic rings. The van der Waals surface area contributed by atoms with Crippen molar-refractivity contribution in [1.82, 2.24) is 0 Å². The molecular weight excluding hydrogens is 462 g/mol. The Morgan fingerprint density at radius 2 is 1.39 bits per heavy atom. The molecule has 2 fully saturated rings. The van der Waals surface area contributed by atoms with Crippen LogP contribution < -0.4 is 24.8 Å². The average Bonchev–Trinajstić information content (AvgIpc) is 2.75. The van der Waals surface area contributed by atoms with E-state index in [2.05, 4.69) is 97.9 Å². The molecule has 0 radical (unpaired) electrons. The summed E-state index contributed by atoms with van der Waals surface area (Å²) >= 11 is 1.71. The molecule has 0 bridgehead atoms. The molecule has 0 saturated heterocycles. The van der Waals surface area contributed by atoms with Crippen LogP contribution in [0.2, 0.25) is 3.63 Å². The molecule has 153 valence electrons. The fourth-order valence-electron chi connectivity index (χ4n) is 8.41. The Morgan fingerprint density at radius 1 is 0.821 bits per heavy atom. The van der Waals surface area contributed by atoms with Crippen molar-refractivity contribution in [2.75, 3.05) is 0 Å². The quantitative estimate of drug-likeness (QED) is 0.467. The standard InChI is InChI=1S/C25H35.2ClH.Zr/c1-17-12-11-13-20-16-23(6)22(5)15-10-9-14-21(22,4)18(2)19(3)25(23,8)24(17,20)7;;;/h9-16,18-20H,1-8H3;2*1H;/q;;;+2/p-2. The summed E-state index contributed by atoms with van der Waals surface area (Å²) in [6, 6.07) is 0. The molecule has 28 heavy (non-hydrogen) atoms. The van der Waals surface area contributed by atoms with Gasteiger partial charge in [-0.2, -0.15) is 0 Å². The zero-order valence-corrected chi connectivity index (χ0v) is 22.6. The Balaban J connectivity index is 0.00000140. The van der Waals surface area contributed by atoms with E-state index in [1.54, 1.807) is 30.3 Å². The Labute approximate surface area is 200 Å². The molecule has 0 heterocycles. The van der Waals surface area contributed by atoms with Crippen LogP contribution in [-0.4, -0.2) is 0 Å². The monoisotopic (exact) mass is 495 g/mol. The summed E-state index contributed by atoms with van der Waals surface area (Å²) in [5.41, 5.74) is 2.78. The van der Waals surface area contributed by atoms with E-state index in [-0.39, 0.29) is 51.9 Å². The number of halogens is 2. The first-order valence-corrected chi connectivity index (χ1v) is 11.8.